The monoisotopic (exact) mass is 338 g/mol. The van der Waals surface area contributed by atoms with Crippen LogP contribution in [0, 0.1) is 21.4 Å². The molecule has 0 atom stereocenters. The van der Waals surface area contributed by atoms with Crippen LogP contribution in [0.3, 0.4) is 0 Å². The fourth-order valence-electron chi connectivity index (χ4n) is 2.49. The fourth-order valence-corrected chi connectivity index (χ4v) is 2.49. The minimum atomic E-state index is -0.544. The first-order chi connectivity index (χ1) is 12.1. The number of piperazine rings is 1. The maximum Gasteiger partial charge on any atom is 0.293 e. The highest BCUT2D eigenvalue weighted by Crippen LogP contribution is 2.28. The van der Waals surface area contributed by atoms with Crippen LogP contribution in [0.4, 0.5) is 22.9 Å². The van der Waals surface area contributed by atoms with Crippen LogP contribution in [-0.2, 0) is 4.79 Å². The Bertz CT molecular complexity index is 859. The lowest BCUT2D eigenvalue weighted by atomic mass is 10.2. The van der Waals surface area contributed by atoms with E-state index in [1.807, 2.05) is 11.0 Å². The largest absolute Gasteiger partial charge is 0.353 e. The number of anilines is 3. The van der Waals surface area contributed by atoms with Crippen molar-refractivity contribution in [3.63, 3.8) is 0 Å². The Morgan fingerprint density at radius 3 is 2.84 bits per heavy atom. The van der Waals surface area contributed by atoms with Gasteiger partial charge >= 0.3 is 0 Å². The third kappa shape index (κ3) is 3.64. The molecule has 9 heteroatoms. The standard InChI is InChI=1S/C16H14N6O3/c17-8-11-1-3-13(14(7-11)22(24)25)20-12-2-4-15(19-9-12)21-6-5-18-16(23)10-21/h1-4,7,9,20H,5-6,10H2,(H,18,23). The minimum Gasteiger partial charge on any atom is -0.353 e. The summed E-state index contributed by atoms with van der Waals surface area (Å²) < 4.78 is 0. The van der Waals surface area contributed by atoms with Crippen molar-refractivity contribution in [1.82, 2.24) is 10.3 Å². The molecule has 0 spiro atoms. The van der Waals surface area contributed by atoms with Crippen molar-refractivity contribution < 1.29 is 9.72 Å². The van der Waals surface area contributed by atoms with Gasteiger partial charge in [-0.15, -0.1) is 0 Å². The third-order valence-corrected chi connectivity index (χ3v) is 3.71. The van der Waals surface area contributed by atoms with Crippen molar-refractivity contribution in [3.05, 3.63) is 52.2 Å². The lowest BCUT2D eigenvalue weighted by Crippen LogP contribution is -2.48. The Morgan fingerprint density at radius 1 is 1.36 bits per heavy atom. The molecule has 1 aromatic carbocycles. The van der Waals surface area contributed by atoms with Crippen molar-refractivity contribution in [2.75, 3.05) is 29.9 Å². The number of pyridine rings is 1. The summed E-state index contributed by atoms with van der Waals surface area (Å²) in [6.45, 7) is 1.49. The first kappa shape index (κ1) is 16.2. The molecule has 0 radical (unpaired) electrons. The van der Waals surface area contributed by atoms with Crippen LogP contribution >= 0.6 is 0 Å². The summed E-state index contributed by atoms with van der Waals surface area (Å²) >= 11 is 0. The Hall–Kier alpha value is -3.67. The second kappa shape index (κ2) is 6.84. The van der Waals surface area contributed by atoms with Crippen molar-refractivity contribution in [1.29, 1.82) is 5.26 Å². The molecule has 1 aliphatic rings. The van der Waals surface area contributed by atoms with E-state index in [-0.39, 0.29) is 29.4 Å². The number of nitro groups is 1. The predicted octanol–water partition coefficient (Wildman–Crippen LogP) is 1.54. The first-order valence-corrected chi connectivity index (χ1v) is 7.50. The molecule has 126 valence electrons. The average molecular weight is 338 g/mol. The molecule has 1 saturated heterocycles. The quantitative estimate of drug-likeness (QED) is 0.640. The molecule has 1 amide bonds. The van der Waals surface area contributed by atoms with Crippen LogP contribution in [0.1, 0.15) is 5.56 Å². The van der Waals surface area contributed by atoms with Crippen LogP contribution in [0.2, 0.25) is 0 Å². The molecule has 1 fully saturated rings. The summed E-state index contributed by atoms with van der Waals surface area (Å²) in [6.07, 6.45) is 1.55. The normalized spacial score (nSPS) is 13.7. The highest BCUT2D eigenvalue weighted by molar-refractivity contribution is 5.82. The molecule has 1 aromatic heterocycles. The van der Waals surface area contributed by atoms with Gasteiger partial charge in [0.2, 0.25) is 5.91 Å². The van der Waals surface area contributed by atoms with E-state index < -0.39 is 4.92 Å². The van der Waals surface area contributed by atoms with Gasteiger partial charge in [0, 0.05) is 19.2 Å². The van der Waals surface area contributed by atoms with E-state index in [1.165, 1.54) is 18.2 Å². The summed E-state index contributed by atoms with van der Waals surface area (Å²) in [4.78, 5) is 28.2. The van der Waals surface area contributed by atoms with Crippen molar-refractivity contribution in [2.45, 2.75) is 0 Å². The number of nitrogens with one attached hydrogen (secondary N) is 2. The van der Waals surface area contributed by atoms with Gasteiger partial charge in [0.1, 0.15) is 11.5 Å². The molecule has 0 bridgehead atoms. The molecule has 0 aliphatic carbocycles. The van der Waals surface area contributed by atoms with E-state index in [0.29, 0.717) is 24.6 Å². The molecule has 9 nitrogen and oxygen atoms in total. The summed E-state index contributed by atoms with van der Waals surface area (Å²) in [7, 11) is 0. The van der Waals surface area contributed by atoms with Crippen molar-refractivity contribution in [3.8, 4) is 6.07 Å². The zero-order chi connectivity index (χ0) is 17.8. The lowest BCUT2D eigenvalue weighted by Gasteiger charge is -2.27. The number of nitrogens with zero attached hydrogens (tertiary/aromatic N) is 4. The number of benzene rings is 1. The van der Waals surface area contributed by atoms with Crippen LogP contribution in [0.15, 0.2) is 36.5 Å². The Morgan fingerprint density at radius 2 is 2.20 bits per heavy atom. The van der Waals surface area contributed by atoms with Crippen molar-refractivity contribution in [2.24, 2.45) is 0 Å². The van der Waals surface area contributed by atoms with Crippen LogP contribution in [-0.4, -0.2) is 35.4 Å². The highest BCUT2D eigenvalue weighted by atomic mass is 16.6. The molecular formula is C16H14N6O3. The van der Waals surface area contributed by atoms with Gasteiger partial charge in [0.15, 0.2) is 0 Å². The Labute approximate surface area is 143 Å². The zero-order valence-corrected chi connectivity index (χ0v) is 13.1. The summed E-state index contributed by atoms with van der Waals surface area (Å²) in [6, 6.07) is 9.57. The first-order valence-electron chi connectivity index (χ1n) is 7.50. The second-order valence-corrected chi connectivity index (χ2v) is 5.40. The van der Waals surface area contributed by atoms with Gasteiger partial charge < -0.3 is 15.5 Å². The van der Waals surface area contributed by atoms with Gasteiger partial charge in [0.05, 0.1) is 35.0 Å². The maximum atomic E-state index is 11.4. The second-order valence-electron chi connectivity index (χ2n) is 5.40. The highest BCUT2D eigenvalue weighted by Gasteiger charge is 2.18. The average Bonchev–Trinajstić information content (AvgIpc) is 2.62. The molecule has 2 heterocycles. The lowest BCUT2D eigenvalue weighted by molar-refractivity contribution is -0.383. The van der Waals surface area contributed by atoms with E-state index in [4.69, 9.17) is 5.26 Å². The van der Waals surface area contributed by atoms with E-state index in [2.05, 4.69) is 15.6 Å². The van der Waals surface area contributed by atoms with Crippen LogP contribution in [0.25, 0.3) is 0 Å². The summed E-state index contributed by atoms with van der Waals surface area (Å²) in [5, 5.41) is 25.7. The Kier molecular flexibility index (Phi) is 4.43. The summed E-state index contributed by atoms with van der Waals surface area (Å²) in [5.41, 5.74) is 0.874. The van der Waals surface area contributed by atoms with E-state index >= 15 is 0 Å². The number of carbonyl (C=O) groups is 1. The molecule has 2 aromatic rings. The number of rotatable bonds is 4. The van der Waals surface area contributed by atoms with Crippen molar-refractivity contribution >= 4 is 28.8 Å². The van der Waals surface area contributed by atoms with E-state index in [9.17, 15) is 14.9 Å². The smallest absolute Gasteiger partial charge is 0.293 e. The molecule has 0 unspecified atom stereocenters. The van der Waals surface area contributed by atoms with Gasteiger partial charge in [-0.1, -0.05) is 0 Å². The number of amides is 1. The zero-order valence-electron chi connectivity index (χ0n) is 13.1. The molecule has 25 heavy (non-hydrogen) atoms. The number of hydrogen-bond acceptors (Lipinski definition) is 7. The molecule has 3 rings (SSSR count). The molecule has 1 aliphatic heterocycles. The van der Waals surface area contributed by atoms with E-state index in [1.54, 1.807) is 18.3 Å². The molecule has 0 saturated carbocycles. The Balaban J connectivity index is 1.79. The minimum absolute atomic E-state index is 0.0524. The number of nitriles is 1. The fraction of sp³-hybridized carbons (Fsp3) is 0.188. The topological polar surface area (TPSA) is 124 Å². The van der Waals surface area contributed by atoms with Crippen LogP contribution in [0.5, 0.6) is 0 Å². The number of nitro benzene ring substituents is 1. The van der Waals surface area contributed by atoms with E-state index in [0.717, 1.165) is 0 Å². The molecule has 2 N–H and O–H groups in total. The van der Waals surface area contributed by atoms with Gasteiger partial charge in [-0.3, -0.25) is 14.9 Å². The maximum absolute atomic E-state index is 11.4. The predicted molar refractivity (Wildman–Crippen MR) is 90.6 cm³/mol. The number of hydrogen-bond donors (Lipinski definition) is 2. The van der Waals surface area contributed by atoms with Gasteiger partial charge in [0.25, 0.3) is 5.69 Å². The van der Waals surface area contributed by atoms with Gasteiger partial charge in [-0.05, 0) is 24.3 Å². The van der Waals surface area contributed by atoms with Gasteiger partial charge in [-0.25, -0.2) is 4.98 Å². The third-order valence-electron chi connectivity index (χ3n) is 3.71. The summed E-state index contributed by atoms with van der Waals surface area (Å²) in [5.74, 6) is 0.609. The SMILES string of the molecule is N#Cc1ccc(Nc2ccc(N3CCNC(=O)C3)nc2)c([N+](=O)[O-])c1. The number of carbonyl (C=O) groups excluding carboxylic acids is 1. The molecular weight excluding hydrogens is 324 g/mol. The van der Waals surface area contributed by atoms with Crippen LogP contribution < -0.4 is 15.5 Å². The van der Waals surface area contributed by atoms with Gasteiger partial charge in [-0.2, -0.15) is 5.26 Å². The number of aromatic nitrogens is 1.